The Labute approximate surface area is 161 Å². The fourth-order valence-electron chi connectivity index (χ4n) is 3.49. The molecule has 1 aliphatic heterocycles. The van der Waals surface area contributed by atoms with E-state index < -0.39 is 0 Å². The number of carbonyl (C=O) groups excluding carboxylic acids is 1. The highest BCUT2D eigenvalue weighted by atomic mass is 16.5. The monoisotopic (exact) mass is 368 g/mol. The van der Waals surface area contributed by atoms with Crippen molar-refractivity contribution in [2.45, 2.75) is 12.8 Å². The first-order valence-electron chi connectivity index (χ1n) is 9.41. The summed E-state index contributed by atoms with van der Waals surface area (Å²) >= 11 is 0. The van der Waals surface area contributed by atoms with Gasteiger partial charge in [-0.2, -0.15) is 0 Å². The molecular formula is C22H28N2O3. The van der Waals surface area contributed by atoms with Crippen molar-refractivity contribution in [1.82, 2.24) is 4.90 Å². The van der Waals surface area contributed by atoms with Crippen LogP contribution >= 0.6 is 0 Å². The molecule has 1 heterocycles. The fourth-order valence-corrected chi connectivity index (χ4v) is 3.49. The van der Waals surface area contributed by atoms with Crippen LogP contribution in [0.4, 0.5) is 5.69 Å². The Morgan fingerprint density at radius 3 is 2.52 bits per heavy atom. The van der Waals surface area contributed by atoms with E-state index in [4.69, 9.17) is 9.47 Å². The second-order valence-corrected chi connectivity index (χ2v) is 7.16. The number of amides is 1. The summed E-state index contributed by atoms with van der Waals surface area (Å²) in [6.07, 6.45) is 2.09. The summed E-state index contributed by atoms with van der Waals surface area (Å²) in [6.45, 7) is 2.15. The molecule has 0 bridgehead atoms. The molecule has 5 heteroatoms. The van der Waals surface area contributed by atoms with Crippen LogP contribution in [0.1, 0.15) is 23.2 Å². The molecule has 144 valence electrons. The van der Waals surface area contributed by atoms with Crippen molar-refractivity contribution >= 4 is 11.6 Å². The second-order valence-electron chi connectivity index (χ2n) is 7.16. The summed E-state index contributed by atoms with van der Waals surface area (Å²) in [7, 11) is 5.58. The molecule has 0 aromatic heterocycles. The van der Waals surface area contributed by atoms with Gasteiger partial charge in [-0.15, -0.1) is 0 Å². The lowest BCUT2D eigenvalue weighted by molar-refractivity contribution is 0.0634. The van der Waals surface area contributed by atoms with Crippen molar-refractivity contribution in [3.8, 4) is 11.5 Å². The number of carbonyl (C=O) groups is 1. The predicted molar refractivity (Wildman–Crippen MR) is 108 cm³/mol. The maximum Gasteiger partial charge on any atom is 0.255 e. The number of anilines is 1. The van der Waals surface area contributed by atoms with Gasteiger partial charge in [0.1, 0.15) is 11.5 Å². The van der Waals surface area contributed by atoms with Gasteiger partial charge in [0.05, 0.1) is 19.3 Å². The summed E-state index contributed by atoms with van der Waals surface area (Å²) in [5, 5.41) is 0. The van der Waals surface area contributed by atoms with Crippen LogP contribution in [-0.4, -0.2) is 51.7 Å². The minimum atomic E-state index is 0.105. The van der Waals surface area contributed by atoms with Crippen LogP contribution in [0.2, 0.25) is 0 Å². The molecule has 1 fully saturated rings. The zero-order valence-electron chi connectivity index (χ0n) is 16.4. The maximum absolute atomic E-state index is 13.1. The third-order valence-corrected chi connectivity index (χ3v) is 4.97. The molecule has 2 aromatic carbocycles. The Morgan fingerprint density at radius 1 is 1.11 bits per heavy atom. The normalized spacial score (nSPS) is 16.7. The number of hydrogen-bond donors (Lipinski definition) is 0. The molecule has 27 heavy (non-hydrogen) atoms. The van der Waals surface area contributed by atoms with E-state index in [1.807, 2.05) is 72.4 Å². The summed E-state index contributed by atoms with van der Waals surface area (Å²) in [6, 6.07) is 15.4. The molecule has 0 spiro atoms. The van der Waals surface area contributed by atoms with Crippen molar-refractivity contribution < 1.29 is 14.3 Å². The fraction of sp³-hybridized carbons (Fsp3) is 0.409. The summed E-state index contributed by atoms with van der Waals surface area (Å²) in [5.41, 5.74) is 1.72. The molecule has 1 aliphatic rings. The van der Waals surface area contributed by atoms with Crippen LogP contribution in [0.15, 0.2) is 48.5 Å². The van der Waals surface area contributed by atoms with Crippen LogP contribution in [0.5, 0.6) is 11.5 Å². The molecule has 1 saturated heterocycles. The number of piperidine rings is 1. The molecule has 0 N–H and O–H groups in total. The highest BCUT2D eigenvalue weighted by molar-refractivity contribution is 5.99. The van der Waals surface area contributed by atoms with Gasteiger partial charge in [0.25, 0.3) is 5.91 Å². The standard InChI is InChI=1S/C22H28N2O3/c1-23(2)21-9-5-4-8-20(21)22(25)24-14-6-7-17(15-24)16-27-19-12-10-18(26-3)11-13-19/h4-5,8-13,17H,6-7,14-16H2,1-3H3/t17-/m0/s1. The molecule has 1 amide bonds. The number of benzene rings is 2. The van der Waals surface area contributed by atoms with Crippen LogP contribution in [0.25, 0.3) is 0 Å². The zero-order valence-corrected chi connectivity index (χ0v) is 16.4. The first-order chi connectivity index (χ1) is 13.1. The SMILES string of the molecule is COc1ccc(OC[C@H]2CCCN(C(=O)c3ccccc3N(C)C)C2)cc1. The van der Waals surface area contributed by atoms with Crippen LogP contribution in [-0.2, 0) is 0 Å². The Kier molecular flexibility index (Phi) is 6.22. The number of rotatable bonds is 6. The topological polar surface area (TPSA) is 42.0 Å². The summed E-state index contributed by atoms with van der Waals surface area (Å²) < 4.78 is 11.1. The molecule has 0 aliphatic carbocycles. The Bertz CT molecular complexity index is 758. The van der Waals surface area contributed by atoms with Crippen LogP contribution < -0.4 is 14.4 Å². The Morgan fingerprint density at radius 2 is 1.81 bits per heavy atom. The lowest BCUT2D eigenvalue weighted by Gasteiger charge is -2.33. The third-order valence-electron chi connectivity index (χ3n) is 4.97. The Balaban J connectivity index is 1.61. The molecule has 0 saturated carbocycles. The highest BCUT2D eigenvalue weighted by Gasteiger charge is 2.26. The predicted octanol–water partition coefficient (Wildman–Crippen LogP) is 3.69. The van der Waals surface area contributed by atoms with Gasteiger partial charge in [0.2, 0.25) is 0 Å². The molecule has 5 nitrogen and oxygen atoms in total. The average molecular weight is 368 g/mol. The van der Waals surface area contributed by atoms with Gasteiger partial charge in [-0.3, -0.25) is 4.79 Å². The van der Waals surface area contributed by atoms with Crippen molar-refractivity contribution in [1.29, 1.82) is 0 Å². The first-order valence-corrected chi connectivity index (χ1v) is 9.41. The number of hydrogen-bond acceptors (Lipinski definition) is 4. The summed E-state index contributed by atoms with van der Waals surface area (Å²) in [4.78, 5) is 17.0. The van der Waals surface area contributed by atoms with Gasteiger partial charge in [0, 0.05) is 38.8 Å². The summed E-state index contributed by atoms with van der Waals surface area (Å²) in [5.74, 6) is 2.10. The number of nitrogens with zero attached hydrogens (tertiary/aromatic N) is 2. The lowest BCUT2D eigenvalue weighted by atomic mass is 9.98. The van der Waals surface area contributed by atoms with Gasteiger partial charge in [-0.25, -0.2) is 0 Å². The van der Waals surface area contributed by atoms with E-state index in [9.17, 15) is 4.79 Å². The number of para-hydroxylation sites is 1. The second kappa shape index (κ2) is 8.80. The Hall–Kier alpha value is -2.69. The highest BCUT2D eigenvalue weighted by Crippen LogP contribution is 2.25. The van der Waals surface area contributed by atoms with E-state index in [1.165, 1.54) is 0 Å². The van der Waals surface area contributed by atoms with Gasteiger partial charge >= 0.3 is 0 Å². The smallest absolute Gasteiger partial charge is 0.255 e. The zero-order chi connectivity index (χ0) is 19.2. The van der Waals surface area contributed by atoms with Gasteiger partial charge in [0.15, 0.2) is 0 Å². The van der Waals surface area contributed by atoms with E-state index >= 15 is 0 Å². The quantitative estimate of drug-likeness (QED) is 0.780. The van der Waals surface area contributed by atoms with Crippen LogP contribution in [0.3, 0.4) is 0 Å². The van der Waals surface area contributed by atoms with Crippen molar-refractivity contribution in [3.63, 3.8) is 0 Å². The molecule has 3 rings (SSSR count). The molecule has 2 aromatic rings. The van der Waals surface area contributed by atoms with Crippen LogP contribution in [0, 0.1) is 5.92 Å². The largest absolute Gasteiger partial charge is 0.497 e. The van der Waals surface area contributed by atoms with Gasteiger partial charge < -0.3 is 19.3 Å². The van der Waals surface area contributed by atoms with E-state index in [-0.39, 0.29) is 5.91 Å². The lowest BCUT2D eigenvalue weighted by Crippen LogP contribution is -2.42. The van der Waals surface area contributed by atoms with Crippen molar-refractivity contribution in [2.75, 3.05) is 45.8 Å². The van der Waals surface area contributed by atoms with E-state index in [0.717, 1.165) is 48.7 Å². The van der Waals surface area contributed by atoms with Gasteiger partial charge in [-0.1, -0.05) is 12.1 Å². The number of likely N-dealkylation sites (tertiary alicyclic amines) is 1. The van der Waals surface area contributed by atoms with E-state index in [0.29, 0.717) is 12.5 Å². The average Bonchev–Trinajstić information content (AvgIpc) is 2.72. The molecule has 0 unspecified atom stereocenters. The minimum Gasteiger partial charge on any atom is -0.497 e. The minimum absolute atomic E-state index is 0.105. The van der Waals surface area contributed by atoms with E-state index in [1.54, 1.807) is 7.11 Å². The van der Waals surface area contributed by atoms with E-state index in [2.05, 4.69) is 0 Å². The van der Waals surface area contributed by atoms with Crippen molar-refractivity contribution in [3.05, 3.63) is 54.1 Å². The molecule has 1 atom stereocenters. The van der Waals surface area contributed by atoms with Gasteiger partial charge in [-0.05, 0) is 49.2 Å². The first kappa shape index (κ1) is 19.1. The molecule has 0 radical (unpaired) electrons. The molecular weight excluding hydrogens is 340 g/mol. The third kappa shape index (κ3) is 4.73. The van der Waals surface area contributed by atoms with Crippen molar-refractivity contribution in [2.24, 2.45) is 5.92 Å². The maximum atomic E-state index is 13.1. The number of methoxy groups -OCH3 is 1. The number of ether oxygens (including phenoxy) is 2.